The van der Waals surface area contributed by atoms with E-state index >= 15 is 0 Å². The number of hydrogen-bond donors (Lipinski definition) is 0. The molecular formula is C16H15BrO2. The Hall–Kier alpha value is -1.45. The highest BCUT2D eigenvalue weighted by molar-refractivity contribution is 9.10. The van der Waals surface area contributed by atoms with Gasteiger partial charge in [-0.15, -0.1) is 0 Å². The zero-order valence-corrected chi connectivity index (χ0v) is 12.1. The van der Waals surface area contributed by atoms with E-state index in [1.54, 1.807) is 12.1 Å². The number of carbonyl (C=O) groups excluding carboxylic acids is 1. The van der Waals surface area contributed by atoms with E-state index in [1.807, 2.05) is 30.3 Å². The molecule has 0 saturated heterocycles. The van der Waals surface area contributed by atoms with Gasteiger partial charge in [-0.25, -0.2) is 0 Å². The molecule has 0 atom stereocenters. The lowest BCUT2D eigenvalue weighted by atomic mass is 10.1. The van der Waals surface area contributed by atoms with Crippen LogP contribution >= 0.6 is 15.9 Å². The molecule has 0 radical (unpaired) electrons. The van der Waals surface area contributed by atoms with Crippen molar-refractivity contribution in [2.75, 3.05) is 13.2 Å². The van der Waals surface area contributed by atoms with Gasteiger partial charge in [0.15, 0.2) is 5.78 Å². The topological polar surface area (TPSA) is 26.3 Å². The van der Waals surface area contributed by atoms with Crippen molar-refractivity contribution in [3.05, 3.63) is 70.2 Å². The number of rotatable bonds is 6. The second-order valence-electron chi connectivity index (χ2n) is 4.22. The Labute approximate surface area is 121 Å². The molecule has 0 saturated carbocycles. The Balaban J connectivity index is 1.74. The van der Waals surface area contributed by atoms with E-state index in [4.69, 9.17) is 4.74 Å². The molecule has 2 aromatic carbocycles. The summed E-state index contributed by atoms with van der Waals surface area (Å²) in [6.07, 6.45) is 0.828. The van der Waals surface area contributed by atoms with Crippen LogP contribution in [0.1, 0.15) is 15.9 Å². The molecule has 0 unspecified atom stereocenters. The lowest BCUT2D eigenvalue weighted by molar-refractivity contribution is 0.0765. The number of carbonyl (C=O) groups is 1. The van der Waals surface area contributed by atoms with Gasteiger partial charge >= 0.3 is 0 Å². The van der Waals surface area contributed by atoms with Gasteiger partial charge in [-0.1, -0.05) is 58.4 Å². The van der Waals surface area contributed by atoms with Crippen molar-refractivity contribution < 1.29 is 9.53 Å². The van der Waals surface area contributed by atoms with Crippen LogP contribution in [-0.2, 0) is 11.2 Å². The fraction of sp³-hybridized carbons (Fsp3) is 0.188. The summed E-state index contributed by atoms with van der Waals surface area (Å²) in [5.41, 5.74) is 1.90. The van der Waals surface area contributed by atoms with E-state index in [-0.39, 0.29) is 12.4 Å². The monoisotopic (exact) mass is 318 g/mol. The summed E-state index contributed by atoms with van der Waals surface area (Å²) >= 11 is 3.34. The standard InChI is InChI=1S/C16H15BrO2/c17-15-8-6-14(7-9-15)16(18)12-19-11-10-13-4-2-1-3-5-13/h1-9H,10-12H2. The Kier molecular flexibility index (Phi) is 5.31. The van der Waals surface area contributed by atoms with Gasteiger partial charge < -0.3 is 4.74 Å². The first kappa shape index (κ1) is 14.0. The van der Waals surface area contributed by atoms with Crippen molar-refractivity contribution in [2.24, 2.45) is 0 Å². The third-order valence-electron chi connectivity index (χ3n) is 2.78. The van der Waals surface area contributed by atoms with Crippen LogP contribution in [0.5, 0.6) is 0 Å². The first-order valence-corrected chi connectivity index (χ1v) is 6.95. The molecule has 98 valence electrons. The van der Waals surface area contributed by atoms with Crippen LogP contribution in [0.4, 0.5) is 0 Å². The van der Waals surface area contributed by atoms with E-state index in [0.29, 0.717) is 12.2 Å². The zero-order valence-electron chi connectivity index (χ0n) is 10.5. The van der Waals surface area contributed by atoms with Gasteiger partial charge in [0.05, 0.1) is 6.61 Å². The lowest BCUT2D eigenvalue weighted by Crippen LogP contribution is -2.10. The summed E-state index contributed by atoms with van der Waals surface area (Å²) in [4.78, 5) is 11.8. The Morgan fingerprint density at radius 1 is 1.00 bits per heavy atom. The predicted octanol–water partition coefficient (Wildman–Crippen LogP) is 3.89. The van der Waals surface area contributed by atoms with Gasteiger partial charge in [-0.05, 0) is 24.1 Å². The quantitative estimate of drug-likeness (QED) is 0.596. The second-order valence-corrected chi connectivity index (χ2v) is 5.13. The number of halogens is 1. The Morgan fingerprint density at radius 2 is 1.68 bits per heavy atom. The maximum Gasteiger partial charge on any atom is 0.188 e. The summed E-state index contributed by atoms with van der Waals surface area (Å²) in [5, 5.41) is 0. The Bertz CT molecular complexity index is 520. The molecule has 0 aliphatic rings. The van der Waals surface area contributed by atoms with Crippen molar-refractivity contribution >= 4 is 21.7 Å². The second kappa shape index (κ2) is 7.22. The van der Waals surface area contributed by atoms with Gasteiger partial charge in [-0.2, -0.15) is 0 Å². The molecule has 0 aromatic heterocycles. The normalized spacial score (nSPS) is 10.4. The van der Waals surface area contributed by atoms with Gasteiger partial charge in [0.25, 0.3) is 0 Å². The van der Waals surface area contributed by atoms with Crippen molar-refractivity contribution in [3.63, 3.8) is 0 Å². The van der Waals surface area contributed by atoms with Crippen LogP contribution in [-0.4, -0.2) is 19.0 Å². The highest BCUT2D eigenvalue weighted by atomic mass is 79.9. The minimum Gasteiger partial charge on any atom is -0.373 e. The van der Waals surface area contributed by atoms with Crippen LogP contribution in [0.3, 0.4) is 0 Å². The summed E-state index contributed by atoms with van der Waals surface area (Å²) in [5.74, 6) is 0.0144. The van der Waals surface area contributed by atoms with E-state index in [9.17, 15) is 4.79 Å². The summed E-state index contributed by atoms with van der Waals surface area (Å²) in [6.45, 7) is 0.695. The molecule has 0 N–H and O–H groups in total. The molecule has 2 nitrogen and oxygen atoms in total. The van der Waals surface area contributed by atoms with Gasteiger partial charge in [0, 0.05) is 10.0 Å². The predicted molar refractivity (Wildman–Crippen MR) is 79.4 cm³/mol. The Morgan fingerprint density at radius 3 is 2.37 bits per heavy atom. The fourth-order valence-corrected chi connectivity index (χ4v) is 1.98. The SMILES string of the molecule is O=C(COCCc1ccccc1)c1ccc(Br)cc1. The minimum absolute atomic E-state index is 0.0144. The number of ether oxygens (including phenoxy) is 1. The molecule has 2 aromatic rings. The van der Waals surface area contributed by atoms with Gasteiger partial charge in [0.1, 0.15) is 6.61 Å². The van der Waals surface area contributed by atoms with Crippen LogP contribution in [0, 0.1) is 0 Å². The molecule has 0 spiro atoms. The number of benzene rings is 2. The van der Waals surface area contributed by atoms with Crippen LogP contribution in [0.25, 0.3) is 0 Å². The highest BCUT2D eigenvalue weighted by Gasteiger charge is 2.05. The zero-order chi connectivity index (χ0) is 13.5. The van der Waals surface area contributed by atoms with Gasteiger partial charge in [-0.3, -0.25) is 4.79 Å². The number of hydrogen-bond acceptors (Lipinski definition) is 2. The summed E-state index contributed by atoms with van der Waals surface area (Å²) in [7, 11) is 0. The van der Waals surface area contributed by atoms with Gasteiger partial charge in [0.2, 0.25) is 0 Å². The minimum atomic E-state index is 0.0144. The molecule has 0 aliphatic heterocycles. The van der Waals surface area contributed by atoms with Crippen molar-refractivity contribution in [2.45, 2.75) is 6.42 Å². The maximum absolute atomic E-state index is 11.8. The van der Waals surface area contributed by atoms with Crippen molar-refractivity contribution in [1.82, 2.24) is 0 Å². The summed E-state index contributed by atoms with van der Waals surface area (Å²) < 4.78 is 6.39. The molecule has 0 aliphatic carbocycles. The molecule has 3 heteroatoms. The third-order valence-corrected chi connectivity index (χ3v) is 3.31. The van der Waals surface area contributed by atoms with Crippen molar-refractivity contribution in [1.29, 1.82) is 0 Å². The van der Waals surface area contributed by atoms with E-state index in [0.717, 1.165) is 10.9 Å². The smallest absolute Gasteiger partial charge is 0.188 e. The number of ketones is 1. The van der Waals surface area contributed by atoms with Crippen molar-refractivity contribution in [3.8, 4) is 0 Å². The average Bonchev–Trinajstić information content (AvgIpc) is 2.45. The molecular weight excluding hydrogens is 304 g/mol. The van der Waals surface area contributed by atoms with Crippen LogP contribution < -0.4 is 0 Å². The lowest BCUT2D eigenvalue weighted by Gasteiger charge is -2.04. The molecule has 0 fully saturated rings. The molecule has 0 amide bonds. The highest BCUT2D eigenvalue weighted by Crippen LogP contribution is 2.11. The maximum atomic E-state index is 11.8. The third kappa shape index (κ3) is 4.62. The van der Waals surface area contributed by atoms with Crippen LogP contribution in [0.2, 0.25) is 0 Å². The summed E-state index contributed by atoms with van der Waals surface area (Å²) in [6, 6.07) is 17.4. The molecule has 0 heterocycles. The first-order valence-electron chi connectivity index (χ1n) is 6.16. The molecule has 2 rings (SSSR count). The first-order chi connectivity index (χ1) is 9.25. The molecule has 0 bridgehead atoms. The number of Topliss-reactive ketones (excluding diaryl/α,β-unsaturated/α-hetero) is 1. The van der Waals surface area contributed by atoms with E-state index in [2.05, 4.69) is 28.1 Å². The fourth-order valence-electron chi connectivity index (χ4n) is 1.72. The van der Waals surface area contributed by atoms with E-state index < -0.39 is 0 Å². The van der Waals surface area contributed by atoms with Crippen LogP contribution in [0.15, 0.2) is 59.1 Å². The van der Waals surface area contributed by atoms with E-state index in [1.165, 1.54) is 5.56 Å². The average molecular weight is 319 g/mol. The largest absolute Gasteiger partial charge is 0.373 e. The molecule has 19 heavy (non-hydrogen) atoms.